The minimum Gasteiger partial charge on any atom is -0.488 e. The summed E-state index contributed by atoms with van der Waals surface area (Å²) in [4.78, 5) is 12.3. The van der Waals surface area contributed by atoms with E-state index in [4.69, 9.17) is 4.74 Å². The second-order valence-corrected chi connectivity index (χ2v) is 13.0. The van der Waals surface area contributed by atoms with E-state index in [-0.39, 0.29) is 30.5 Å². The molecule has 0 saturated carbocycles. The molecule has 41 heavy (non-hydrogen) atoms. The largest absolute Gasteiger partial charge is 0.488 e. The van der Waals surface area contributed by atoms with Crippen LogP contribution >= 0.6 is 0 Å². The van der Waals surface area contributed by atoms with Gasteiger partial charge in [0, 0.05) is 19.5 Å². The summed E-state index contributed by atoms with van der Waals surface area (Å²) in [7, 11) is -1.98. The highest BCUT2D eigenvalue weighted by Gasteiger charge is 2.35. The Bertz CT molecular complexity index is 1760. The summed E-state index contributed by atoms with van der Waals surface area (Å²) in [6, 6.07) is 14.9. The average molecular weight is 575 g/mol. The number of aliphatic carboxylic acids is 1. The summed E-state index contributed by atoms with van der Waals surface area (Å²) < 4.78 is 37.2. The fraction of sp³-hybridized carbons (Fsp3) is 0.387. The maximum Gasteiger partial charge on any atom is 0.304 e. The average Bonchev–Trinajstić information content (AvgIpc) is 3.56. The lowest BCUT2D eigenvalue weighted by atomic mass is 9.83. The Labute approximate surface area is 239 Å². The molecule has 1 aromatic heterocycles. The van der Waals surface area contributed by atoms with Gasteiger partial charge in [-0.3, -0.25) is 4.79 Å². The smallest absolute Gasteiger partial charge is 0.304 e. The van der Waals surface area contributed by atoms with E-state index < -0.39 is 21.9 Å². The monoisotopic (exact) mass is 574 g/mol. The quantitative estimate of drug-likeness (QED) is 0.339. The summed E-state index contributed by atoms with van der Waals surface area (Å²) in [6.07, 6.45) is 3.04. The molecule has 0 bridgehead atoms. The number of fused-ring (bicyclic) bond motifs is 3. The number of nitrogens with zero attached hydrogens (tertiary/aromatic N) is 4. The fourth-order valence-electron chi connectivity index (χ4n) is 6.37. The predicted octanol–water partition coefficient (Wildman–Crippen LogP) is 4.73. The molecule has 214 valence electrons. The van der Waals surface area contributed by atoms with E-state index in [1.165, 1.54) is 15.4 Å². The lowest BCUT2D eigenvalue weighted by Gasteiger charge is -2.25. The van der Waals surface area contributed by atoms with Crippen LogP contribution in [0.3, 0.4) is 0 Å². The van der Waals surface area contributed by atoms with Crippen LogP contribution in [0, 0.1) is 6.92 Å². The zero-order valence-electron chi connectivity index (χ0n) is 23.5. The zero-order valence-corrected chi connectivity index (χ0v) is 24.3. The number of carboxylic acids is 1. The molecule has 0 fully saturated rings. The maximum atomic E-state index is 13.9. The van der Waals surface area contributed by atoms with Crippen LogP contribution in [0.4, 0.5) is 0 Å². The minimum absolute atomic E-state index is 0.0913. The molecule has 0 saturated heterocycles. The number of carbonyl (C=O) groups is 1. The molecule has 1 aliphatic carbocycles. The molecule has 1 aliphatic heterocycles. The van der Waals surface area contributed by atoms with Crippen molar-refractivity contribution in [3.63, 3.8) is 0 Å². The first-order chi connectivity index (χ1) is 19.7. The Balaban J connectivity index is 1.45. The van der Waals surface area contributed by atoms with Crippen LogP contribution in [0.1, 0.15) is 65.5 Å². The van der Waals surface area contributed by atoms with E-state index in [1.807, 2.05) is 39.1 Å². The van der Waals surface area contributed by atoms with Gasteiger partial charge in [0.25, 0.3) is 0 Å². The molecular formula is C31H34N4O5S. The van der Waals surface area contributed by atoms with Crippen molar-refractivity contribution >= 4 is 27.0 Å². The normalized spacial score (nSPS) is 18.9. The van der Waals surface area contributed by atoms with E-state index in [2.05, 4.69) is 16.4 Å². The maximum absolute atomic E-state index is 13.9. The lowest BCUT2D eigenvalue weighted by Crippen LogP contribution is -2.36. The molecule has 0 spiro atoms. The second-order valence-electron chi connectivity index (χ2n) is 11.1. The number of aryl methyl sites for hydroxylation is 3. The van der Waals surface area contributed by atoms with E-state index in [9.17, 15) is 18.3 Å². The molecular weight excluding hydrogens is 540 g/mol. The molecule has 1 N–H and O–H groups in total. The molecule has 4 aromatic rings. The van der Waals surface area contributed by atoms with Gasteiger partial charge in [0.1, 0.15) is 22.3 Å². The van der Waals surface area contributed by atoms with Crippen LogP contribution in [0.2, 0.25) is 0 Å². The second kappa shape index (κ2) is 10.6. The molecule has 0 radical (unpaired) electrons. The molecule has 6 rings (SSSR count). The van der Waals surface area contributed by atoms with Gasteiger partial charge >= 0.3 is 5.97 Å². The van der Waals surface area contributed by atoms with E-state index in [0.717, 1.165) is 52.5 Å². The van der Waals surface area contributed by atoms with Crippen molar-refractivity contribution < 1.29 is 23.1 Å². The van der Waals surface area contributed by atoms with E-state index in [1.54, 1.807) is 28.9 Å². The highest BCUT2D eigenvalue weighted by atomic mass is 32.2. The Kier molecular flexibility index (Phi) is 7.07. The first kappa shape index (κ1) is 27.4. The van der Waals surface area contributed by atoms with Crippen molar-refractivity contribution in [3.05, 3.63) is 81.9 Å². The van der Waals surface area contributed by atoms with Crippen LogP contribution in [0.15, 0.2) is 53.4 Å². The first-order valence-electron chi connectivity index (χ1n) is 14.1. The number of sulfonamides is 1. The Morgan fingerprint density at radius 2 is 1.98 bits per heavy atom. The molecule has 2 heterocycles. The summed E-state index contributed by atoms with van der Waals surface area (Å²) in [6.45, 7) is 4.40. The molecule has 3 aromatic carbocycles. The number of para-hydroxylation sites is 1. The standard InChI is InChI=1S/C31H34N4O5S/c1-4-23-18-35(41(38,39)29-11-6-5-10-28(29)40-23)17-22-15-21(14-20-8-7-9-25(20)22)26(16-30(36)37)24-12-13-27-31(19(24)2)32-33-34(27)3/h5-6,10-15,23,26H,4,7-9,16-18H2,1-3H3,(H,36,37)/t23-,26?/m1/s1. The third-order valence-electron chi connectivity index (χ3n) is 8.54. The Morgan fingerprint density at radius 1 is 1.17 bits per heavy atom. The van der Waals surface area contributed by atoms with Crippen molar-refractivity contribution in [2.75, 3.05) is 6.54 Å². The van der Waals surface area contributed by atoms with Crippen molar-refractivity contribution in [1.29, 1.82) is 0 Å². The van der Waals surface area contributed by atoms with Gasteiger partial charge in [-0.1, -0.05) is 42.5 Å². The van der Waals surface area contributed by atoms with Gasteiger partial charge in [0.05, 0.1) is 18.5 Å². The molecule has 2 aliphatic rings. The topological polar surface area (TPSA) is 115 Å². The zero-order chi connectivity index (χ0) is 28.9. The van der Waals surface area contributed by atoms with Gasteiger partial charge in [-0.05, 0) is 84.2 Å². The number of hydrogen-bond donors (Lipinski definition) is 1. The number of carboxylic acid groups (broad SMARTS) is 1. The van der Waals surface area contributed by atoms with Crippen molar-refractivity contribution in [2.45, 2.75) is 69.4 Å². The van der Waals surface area contributed by atoms with Gasteiger partial charge < -0.3 is 9.84 Å². The van der Waals surface area contributed by atoms with Crippen LogP contribution in [-0.2, 0) is 41.3 Å². The van der Waals surface area contributed by atoms with E-state index >= 15 is 0 Å². The van der Waals surface area contributed by atoms with Crippen LogP contribution in [0.25, 0.3) is 11.0 Å². The van der Waals surface area contributed by atoms with Crippen molar-refractivity contribution in [1.82, 2.24) is 19.3 Å². The number of benzene rings is 3. The summed E-state index contributed by atoms with van der Waals surface area (Å²) in [5, 5.41) is 18.4. The first-order valence-corrected chi connectivity index (χ1v) is 15.5. The molecule has 9 nitrogen and oxygen atoms in total. The van der Waals surface area contributed by atoms with Crippen molar-refractivity contribution in [2.24, 2.45) is 7.05 Å². The molecule has 0 amide bonds. The molecule has 2 atom stereocenters. The highest BCUT2D eigenvalue weighted by molar-refractivity contribution is 7.89. The SMILES string of the molecule is CC[C@@H]1CN(Cc2cc(C(CC(=O)O)c3ccc4c(nnn4C)c3C)cc3c2CCC3)S(=O)(=O)c2ccccc2O1. The van der Waals surface area contributed by atoms with Crippen LogP contribution < -0.4 is 4.74 Å². The van der Waals surface area contributed by atoms with Gasteiger partial charge in [0.2, 0.25) is 10.0 Å². The van der Waals surface area contributed by atoms with Crippen LogP contribution in [-0.4, -0.2) is 51.4 Å². The van der Waals surface area contributed by atoms with Gasteiger partial charge in [-0.15, -0.1) is 5.10 Å². The lowest BCUT2D eigenvalue weighted by molar-refractivity contribution is -0.137. The van der Waals surface area contributed by atoms with Gasteiger partial charge in [0.15, 0.2) is 0 Å². The highest BCUT2D eigenvalue weighted by Crippen LogP contribution is 2.39. The van der Waals surface area contributed by atoms with Crippen molar-refractivity contribution in [3.8, 4) is 5.75 Å². The van der Waals surface area contributed by atoms with Gasteiger partial charge in [-0.25, -0.2) is 13.1 Å². The number of hydrogen-bond acceptors (Lipinski definition) is 6. The van der Waals surface area contributed by atoms with E-state index in [0.29, 0.717) is 12.2 Å². The predicted molar refractivity (Wildman–Crippen MR) is 155 cm³/mol. The van der Waals surface area contributed by atoms with Crippen LogP contribution in [0.5, 0.6) is 5.75 Å². The fourth-order valence-corrected chi connectivity index (χ4v) is 7.94. The molecule has 10 heteroatoms. The summed E-state index contributed by atoms with van der Waals surface area (Å²) in [5.74, 6) is -0.931. The summed E-state index contributed by atoms with van der Waals surface area (Å²) >= 11 is 0. The Morgan fingerprint density at radius 3 is 2.76 bits per heavy atom. The number of ether oxygens (including phenoxy) is 1. The third-order valence-corrected chi connectivity index (χ3v) is 10.4. The third kappa shape index (κ3) is 4.89. The number of rotatable bonds is 7. The Hall–Kier alpha value is -3.76. The minimum atomic E-state index is -3.81. The number of aromatic nitrogens is 3. The summed E-state index contributed by atoms with van der Waals surface area (Å²) in [5.41, 5.74) is 7.58. The molecule has 1 unspecified atom stereocenters. The van der Waals surface area contributed by atoms with Gasteiger partial charge in [-0.2, -0.15) is 4.31 Å².